The molecule has 1 heterocycles. The third-order valence-corrected chi connectivity index (χ3v) is 3.40. The molecule has 1 amide bonds. The topological polar surface area (TPSA) is 83.9 Å². The van der Waals surface area contributed by atoms with Crippen LogP contribution in [0.4, 0.5) is 0 Å². The Balaban J connectivity index is 2.65. The highest BCUT2D eigenvalue weighted by Gasteiger charge is 2.37. The van der Waals surface area contributed by atoms with Crippen LogP contribution in [0.25, 0.3) is 0 Å². The van der Waals surface area contributed by atoms with E-state index in [4.69, 9.17) is 16.7 Å². The molecule has 0 aromatic rings. The molecule has 1 N–H and O–H groups in total. The Bertz CT molecular complexity index is 346. The highest BCUT2D eigenvalue weighted by molar-refractivity contribution is 6.18. The third kappa shape index (κ3) is 3.60. The predicted molar refractivity (Wildman–Crippen MR) is 63.2 cm³/mol. The number of methoxy groups -OCH3 is 1. The summed E-state index contributed by atoms with van der Waals surface area (Å²) >= 11 is 5.67. The van der Waals surface area contributed by atoms with Crippen molar-refractivity contribution in [1.82, 2.24) is 4.90 Å². The predicted octanol–water partition coefficient (Wildman–Crippen LogP) is 0.480. The van der Waals surface area contributed by atoms with Crippen LogP contribution in [0.15, 0.2) is 0 Å². The zero-order chi connectivity index (χ0) is 13.7. The van der Waals surface area contributed by atoms with Gasteiger partial charge in [-0.25, -0.2) is 4.79 Å². The van der Waals surface area contributed by atoms with Crippen molar-refractivity contribution < 1.29 is 24.2 Å². The maximum atomic E-state index is 11.7. The summed E-state index contributed by atoms with van der Waals surface area (Å²) < 4.78 is 4.46. The Morgan fingerprint density at radius 1 is 1.61 bits per heavy atom. The molecule has 18 heavy (non-hydrogen) atoms. The van der Waals surface area contributed by atoms with Gasteiger partial charge in [-0.2, -0.15) is 0 Å². The van der Waals surface area contributed by atoms with Gasteiger partial charge in [0.15, 0.2) is 0 Å². The molecule has 1 saturated heterocycles. The van der Waals surface area contributed by atoms with Gasteiger partial charge in [0.25, 0.3) is 0 Å². The highest BCUT2D eigenvalue weighted by Crippen LogP contribution is 2.23. The average Bonchev–Trinajstić information content (AvgIpc) is 2.70. The van der Waals surface area contributed by atoms with Crippen molar-refractivity contribution >= 4 is 29.4 Å². The molecule has 0 aromatic carbocycles. The van der Waals surface area contributed by atoms with E-state index in [9.17, 15) is 14.4 Å². The van der Waals surface area contributed by atoms with Crippen molar-refractivity contribution in [1.29, 1.82) is 0 Å². The zero-order valence-corrected chi connectivity index (χ0v) is 10.9. The first-order valence-electron chi connectivity index (χ1n) is 5.64. The van der Waals surface area contributed by atoms with Gasteiger partial charge in [-0.1, -0.05) is 0 Å². The summed E-state index contributed by atoms with van der Waals surface area (Å²) in [6, 6.07) is -0.982. The molecule has 1 rings (SSSR count). The van der Waals surface area contributed by atoms with E-state index in [2.05, 4.69) is 4.74 Å². The van der Waals surface area contributed by atoms with Crippen LogP contribution in [0.5, 0.6) is 0 Å². The normalized spacial score (nSPS) is 20.9. The summed E-state index contributed by atoms with van der Waals surface area (Å²) in [6.07, 6.45) is 0.303. The van der Waals surface area contributed by atoms with Crippen LogP contribution in [0.3, 0.4) is 0 Å². The average molecular weight is 278 g/mol. The minimum absolute atomic E-state index is 0.0147. The van der Waals surface area contributed by atoms with Crippen LogP contribution in [0.2, 0.25) is 0 Å². The number of carbonyl (C=O) groups excluding carboxylic acids is 2. The monoisotopic (exact) mass is 277 g/mol. The fourth-order valence-electron chi connectivity index (χ4n) is 1.98. The first kappa shape index (κ1) is 14.8. The van der Waals surface area contributed by atoms with Crippen molar-refractivity contribution in [2.75, 3.05) is 19.5 Å². The van der Waals surface area contributed by atoms with E-state index >= 15 is 0 Å². The molecule has 0 spiro atoms. The summed E-state index contributed by atoms with van der Waals surface area (Å²) in [5, 5.41) is 9.12. The molecule has 7 heteroatoms. The molecular formula is C11H16ClNO5. The number of hydrogen-bond donors (Lipinski definition) is 1. The molecule has 0 aliphatic carbocycles. The SMILES string of the molecule is COC(=O)CC[C@@H](C(=O)O)N1CC(CCl)CC1=O. The lowest BCUT2D eigenvalue weighted by molar-refractivity contribution is -0.149. The van der Waals surface area contributed by atoms with E-state index in [1.807, 2.05) is 0 Å². The summed E-state index contributed by atoms with van der Waals surface area (Å²) in [6.45, 7) is 0.334. The van der Waals surface area contributed by atoms with Gasteiger partial charge < -0.3 is 14.7 Å². The number of aliphatic carboxylic acids is 1. The largest absolute Gasteiger partial charge is 0.480 e. The molecular weight excluding hydrogens is 262 g/mol. The van der Waals surface area contributed by atoms with Gasteiger partial charge >= 0.3 is 11.9 Å². The standard InChI is InChI=1S/C11H16ClNO5/c1-18-10(15)3-2-8(11(16)17)13-6-7(5-12)4-9(13)14/h7-8H,2-6H2,1H3,(H,16,17)/t7?,8-/m0/s1. The van der Waals surface area contributed by atoms with Crippen LogP contribution >= 0.6 is 11.6 Å². The van der Waals surface area contributed by atoms with E-state index < -0.39 is 18.0 Å². The van der Waals surface area contributed by atoms with E-state index in [1.54, 1.807) is 0 Å². The number of carboxylic acids is 1. The molecule has 1 unspecified atom stereocenters. The van der Waals surface area contributed by atoms with Gasteiger partial charge in [0, 0.05) is 25.3 Å². The van der Waals surface area contributed by atoms with Crippen molar-refractivity contribution in [3.63, 3.8) is 0 Å². The molecule has 0 bridgehead atoms. The lowest BCUT2D eigenvalue weighted by Gasteiger charge is -2.24. The van der Waals surface area contributed by atoms with Crippen molar-refractivity contribution in [2.24, 2.45) is 5.92 Å². The van der Waals surface area contributed by atoms with Gasteiger partial charge in [0.2, 0.25) is 5.91 Å². The summed E-state index contributed by atoms with van der Waals surface area (Å²) in [4.78, 5) is 35.1. The number of halogens is 1. The summed E-state index contributed by atoms with van der Waals surface area (Å²) in [7, 11) is 1.24. The zero-order valence-electron chi connectivity index (χ0n) is 10.1. The number of nitrogens with zero attached hydrogens (tertiary/aromatic N) is 1. The quantitative estimate of drug-likeness (QED) is 0.564. The van der Waals surface area contributed by atoms with Crippen LogP contribution in [0.1, 0.15) is 19.3 Å². The Morgan fingerprint density at radius 2 is 2.28 bits per heavy atom. The molecule has 1 aliphatic rings. The van der Waals surface area contributed by atoms with E-state index in [0.29, 0.717) is 12.4 Å². The maximum Gasteiger partial charge on any atom is 0.326 e. The molecule has 1 aliphatic heterocycles. The van der Waals surface area contributed by atoms with Crippen LogP contribution < -0.4 is 0 Å². The number of carbonyl (C=O) groups is 3. The molecule has 0 radical (unpaired) electrons. The van der Waals surface area contributed by atoms with Crippen molar-refractivity contribution in [2.45, 2.75) is 25.3 Å². The number of esters is 1. The molecule has 6 nitrogen and oxygen atoms in total. The Kier molecular flexibility index (Phi) is 5.40. The molecule has 102 valence electrons. The van der Waals surface area contributed by atoms with E-state index in [-0.39, 0.29) is 31.1 Å². The number of ether oxygens (including phenoxy) is 1. The molecule has 0 aromatic heterocycles. The highest BCUT2D eigenvalue weighted by atomic mass is 35.5. The lowest BCUT2D eigenvalue weighted by Crippen LogP contribution is -2.42. The van der Waals surface area contributed by atoms with Gasteiger partial charge in [0.05, 0.1) is 7.11 Å². The minimum atomic E-state index is -1.11. The second-order valence-electron chi connectivity index (χ2n) is 4.24. The van der Waals surface area contributed by atoms with E-state index in [0.717, 1.165) is 0 Å². The fraction of sp³-hybridized carbons (Fsp3) is 0.727. The summed E-state index contributed by atoms with van der Waals surface area (Å²) in [5.74, 6) is -1.51. The smallest absolute Gasteiger partial charge is 0.326 e. The second-order valence-corrected chi connectivity index (χ2v) is 4.55. The van der Waals surface area contributed by atoms with Crippen LogP contribution in [0, 0.1) is 5.92 Å². The summed E-state index contributed by atoms with van der Waals surface area (Å²) in [5.41, 5.74) is 0. The van der Waals surface area contributed by atoms with Gasteiger partial charge in [0.1, 0.15) is 6.04 Å². The number of likely N-dealkylation sites (tertiary alicyclic amines) is 1. The van der Waals surface area contributed by atoms with E-state index in [1.165, 1.54) is 12.0 Å². The number of alkyl halides is 1. The Morgan fingerprint density at radius 3 is 2.72 bits per heavy atom. The number of amides is 1. The molecule has 1 fully saturated rings. The van der Waals surface area contributed by atoms with Crippen molar-refractivity contribution in [3.8, 4) is 0 Å². The number of rotatable bonds is 6. The van der Waals surface area contributed by atoms with Crippen LogP contribution in [-0.2, 0) is 19.1 Å². The second kappa shape index (κ2) is 6.58. The fourth-order valence-corrected chi connectivity index (χ4v) is 2.19. The maximum absolute atomic E-state index is 11.7. The molecule has 2 atom stereocenters. The first-order chi connectivity index (χ1) is 8.49. The Hall–Kier alpha value is -1.30. The lowest BCUT2D eigenvalue weighted by atomic mass is 10.1. The third-order valence-electron chi connectivity index (χ3n) is 2.97. The van der Waals surface area contributed by atoms with Gasteiger partial charge in [-0.3, -0.25) is 9.59 Å². The van der Waals surface area contributed by atoms with Gasteiger partial charge in [-0.05, 0) is 12.3 Å². The van der Waals surface area contributed by atoms with Gasteiger partial charge in [-0.15, -0.1) is 11.6 Å². The Labute approximate surface area is 110 Å². The van der Waals surface area contributed by atoms with Crippen LogP contribution in [-0.4, -0.2) is 53.4 Å². The molecule has 0 saturated carbocycles. The number of hydrogen-bond acceptors (Lipinski definition) is 4. The van der Waals surface area contributed by atoms with Crippen molar-refractivity contribution in [3.05, 3.63) is 0 Å². The number of carboxylic acid groups (broad SMARTS) is 1. The minimum Gasteiger partial charge on any atom is -0.480 e. The first-order valence-corrected chi connectivity index (χ1v) is 6.18.